The number of halogens is 1. The van der Waals surface area contributed by atoms with Crippen molar-refractivity contribution in [1.29, 1.82) is 0 Å². The first-order valence-electron chi connectivity index (χ1n) is 9.20. The monoisotopic (exact) mass is 511 g/mol. The molecule has 0 radical (unpaired) electrons. The Balaban J connectivity index is 2.12. The molecule has 6 nitrogen and oxygen atoms in total. The second kappa shape index (κ2) is 10.5. The summed E-state index contributed by atoms with van der Waals surface area (Å²) in [6.07, 6.45) is -0.394. The third-order valence-electron chi connectivity index (χ3n) is 3.86. The lowest BCUT2D eigenvalue weighted by molar-refractivity contribution is -0.147. The second-order valence-corrected chi connectivity index (χ2v) is 8.63. The Morgan fingerprint density at radius 1 is 1.07 bits per heavy atom. The number of methoxy groups -OCH3 is 1. The topological polar surface area (TPSA) is 73.9 Å². The van der Waals surface area contributed by atoms with Gasteiger partial charge in [0, 0.05) is 6.42 Å². The number of amides is 1. The van der Waals surface area contributed by atoms with Crippen LogP contribution in [0.4, 0.5) is 4.79 Å². The van der Waals surface area contributed by atoms with Gasteiger partial charge in [-0.3, -0.25) is 0 Å². The van der Waals surface area contributed by atoms with Gasteiger partial charge in [-0.05, 0) is 66.6 Å². The molecule has 2 rings (SSSR count). The highest BCUT2D eigenvalue weighted by Gasteiger charge is 2.26. The molecule has 0 aliphatic heterocycles. The van der Waals surface area contributed by atoms with E-state index in [0.717, 1.165) is 20.4 Å². The average molecular weight is 511 g/mol. The smallest absolute Gasteiger partial charge is 0.408 e. The molecule has 0 saturated heterocycles. The number of carbonyl (C=O) groups excluding carboxylic acids is 2. The number of rotatable bonds is 7. The Kier molecular flexibility index (Phi) is 8.31. The van der Waals surface area contributed by atoms with E-state index < -0.39 is 23.7 Å². The van der Waals surface area contributed by atoms with Gasteiger partial charge in [0.1, 0.15) is 24.0 Å². The van der Waals surface area contributed by atoms with Crippen LogP contribution in [0.5, 0.6) is 5.75 Å². The third kappa shape index (κ3) is 7.92. The van der Waals surface area contributed by atoms with Gasteiger partial charge in [0.25, 0.3) is 0 Å². The predicted molar refractivity (Wildman–Crippen MR) is 119 cm³/mol. The molecule has 2 aromatic carbocycles. The van der Waals surface area contributed by atoms with Crippen molar-refractivity contribution < 1.29 is 23.8 Å². The Bertz CT molecular complexity index is 833. The first-order valence-corrected chi connectivity index (χ1v) is 10.3. The van der Waals surface area contributed by atoms with Crippen LogP contribution >= 0.6 is 22.6 Å². The molecule has 1 amide bonds. The average Bonchev–Trinajstić information content (AvgIpc) is 2.65. The van der Waals surface area contributed by atoms with Gasteiger partial charge in [-0.1, -0.05) is 36.4 Å². The van der Waals surface area contributed by atoms with Crippen molar-refractivity contribution in [2.45, 2.75) is 45.4 Å². The Morgan fingerprint density at radius 3 is 2.34 bits per heavy atom. The molecule has 1 atom stereocenters. The van der Waals surface area contributed by atoms with E-state index in [2.05, 4.69) is 27.9 Å². The van der Waals surface area contributed by atoms with E-state index in [-0.39, 0.29) is 13.0 Å². The summed E-state index contributed by atoms with van der Waals surface area (Å²) >= 11 is 2.16. The number of alkyl carbamates (subject to hydrolysis) is 1. The van der Waals surface area contributed by atoms with Gasteiger partial charge < -0.3 is 19.5 Å². The van der Waals surface area contributed by atoms with Crippen molar-refractivity contribution >= 4 is 34.7 Å². The summed E-state index contributed by atoms with van der Waals surface area (Å²) in [5, 5.41) is 2.64. The number of nitrogens with one attached hydrogen (secondary N) is 1. The first-order chi connectivity index (χ1) is 13.7. The highest BCUT2D eigenvalue weighted by atomic mass is 127. The molecule has 0 saturated carbocycles. The third-order valence-corrected chi connectivity index (χ3v) is 4.70. The molecule has 0 aromatic heterocycles. The van der Waals surface area contributed by atoms with Gasteiger partial charge in [0.15, 0.2) is 0 Å². The molecular formula is C22H26INO5. The normalized spacial score (nSPS) is 12.0. The van der Waals surface area contributed by atoms with Crippen LogP contribution in [0.1, 0.15) is 31.9 Å². The van der Waals surface area contributed by atoms with E-state index in [9.17, 15) is 9.59 Å². The van der Waals surface area contributed by atoms with Gasteiger partial charge in [-0.15, -0.1) is 0 Å². The highest BCUT2D eigenvalue weighted by molar-refractivity contribution is 14.1. The molecule has 2 aromatic rings. The number of ether oxygens (including phenoxy) is 3. The van der Waals surface area contributed by atoms with E-state index in [1.54, 1.807) is 27.9 Å². The van der Waals surface area contributed by atoms with Gasteiger partial charge >= 0.3 is 12.1 Å². The zero-order valence-electron chi connectivity index (χ0n) is 17.0. The van der Waals surface area contributed by atoms with Gasteiger partial charge in [-0.25, -0.2) is 9.59 Å². The largest absolute Gasteiger partial charge is 0.496 e. The van der Waals surface area contributed by atoms with E-state index >= 15 is 0 Å². The van der Waals surface area contributed by atoms with Crippen molar-refractivity contribution in [3.63, 3.8) is 0 Å². The Morgan fingerprint density at radius 2 is 1.76 bits per heavy atom. The summed E-state index contributed by atoms with van der Waals surface area (Å²) in [6, 6.07) is 14.1. The SMILES string of the molecule is COc1ccc(C[C@@H](NC(=O)OC(C)(C)C)C(=O)OCc2ccccc2)cc1I. The molecule has 1 N–H and O–H groups in total. The van der Waals surface area contributed by atoms with Gasteiger partial charge in [0.05, 0.1) is 10.7 Å². The number of benzene rings is 2. The predicted octanol–water partition coefficient (Wildman–Crippen LogP) is 4.48. The molecule has 7 heteroatoms. The van der Waals surface area contributed by atoms with Crippen LogP contribution in [0.2, 0.25) is 0 Å². The number of hydrogen-bond acceptors (Lipinski definition) is 5. The van der Waals surface area contributed by atoms with E-state index in [0.29, 0.717) is 0 Å². The van der Waals surface area contributed by atoms with Gasteiger partial charge in [-0.2, -0.15) is 0 Å². The number of esters is 1. The quantitative estimate of drug-likeness (QED) is 0.439. The van der Waals surface area contributed by atoms with Crippen LogP contribution in [0.15, 0.2) is 48.5 Å². The highest BCUT2D eigenvalue weighted by Crippen LogP contribution is 2.22. The summed E-state index contributed by atoms with van der Waals surface area (Å²) in [5.41, 5.74) is 1.07. The van der Waals surface area contributed by atoms with Crippen LogP contribution < -0.4 is 10.1 Å². The molecule has 0 aliphatic carbocycles. The van der Waals surface area contributed by atoms with E-state index in [4.69, 9.17) is 14.2 Å². The fraction of sp³-hybridized carbons (Fsp3) is 0.364. The maximum absolute atomic E-state index is 12.7. The van der Waals surface area contributed by atoms with Crippen molar-refractivity contribution in [3.05, 3.63) is 63.2 Å². The minimum absolute atomic E-state index is 0.131. The maximum Gasteiger partial charge on any atom is 0.408 e. The number of hydrogen-bond donors (Lipinski definition) is 1. The van der Waals surface area contributed by atoms with Crippen LogP contribution in [0, 0.1) is 3.57 Å². The lowest BCUT2D eigenvalue weighted by Crippen LogP contribution is -2.45. The van der Waals surface area contributed by atoms with Crippen LogP contribution in [-0.4, -0.2) is 30.8 Å². The van der Waals surface area contributed by atoms with Crippen LogP contribution in [0.25, 0.3) is 0 Å². The fourth-order valence-electron chi connectivity index (χ4n) is 2.54. The minimum atomic E-state index is -0.877. The Hall–Kier alpha value is -2.29. The summed E-state index contributed by atoms with van der Waals surface area (Å²) in [5.74, 6) is 0.225. The molecule has 0 spiro atoms. The summed E-state index contributed by atoms with van der Waals surface area (Å²) in [4.78, 5) is 25.0. The fourth-order valence-corrected chi connectivity index (χ4v) is 3.34. The standard InChI is InChI=1S/C22H26INO5/c1-22(2,3)29-21(26)24-18(13-16-10-11-19(27-4)17(23)12-16)20(25)28-14-15-8-6-5-7-9-15/h5-12,18H,13-14H2,1-4H3,(H,24,26)/t18-/m1/s1. The summed E-state index contributed by atoms with van der Waals surface area (Å²) in [7, 11) is 1.60. The van der Waals surface area contributed by atoms with Crippen molar-refractivity contribution in [2.24, 2.45) is 0 Å². The van der Waals surface area contributed by atoms with E-state index in [1.807, 2.05) is 48.5 Å². The van der Waals surface area contributed by atoms with Crippen molar-refractivity contribution in [2.75, 3.05) is 7.11 Å². The second-order valence-electron chi connectivity index (χ2n) is 7.47. The molecular weight excluding hydrogens is 485 g/mol. The number of carbonyl (C=O) groups is 2. The lowest BCUT2D eigenvalue weighted by Gasteiger charge is -2.23. The van der Waals surface area contributed by atoms with Crippen molar-refractivity contribution in [3.8, 4) is 5.75 Å². The molecule has 0 fully saturated rings. The molecule has 0 heterocycles. The van der Waals surface area contributed by atoms with E-state index in [1.165, 1.54) is 0 Å². The van der Waals surface area contributed by atoms with Gasteiger partial charge in [0.2, 0.25) is 0 Å². The minimum Gasteiger partial charge on any atom is -0.496 e. The summed E-state index contributed by atoms with van der Waals surface area (Å²) < 4.78 is 16.9. The molecule has 0 unspecified atom stereocenters. The zero-order valence-corrected chi connectivity index (χ0v) is 19.2. The molecule has 0 aliphatic rings. The molecule has 156 valence electrons. The summed E-state index contributed by atoms with van der Waals surface area (Å²) in [6.45, 7) is 5.43. The first kappa shape index (κ1) is 23.0. The van der Waals surface area contributed by atoms with Crippen LogP contribution in [0.3, 0.4) is 0 Å². The van der Waals surface area contributed by atoms with Crippen molar-refractivity contribution in [1.82, 2.24) is 5.32 Å². The molecule has 0 bridgehead atoms. The zero-order chi connectivity index (χ0) is 21.4. The Labute approximate surface area is 185 Å². The van der Waals surface area contributed by atoms with Crippen LogP contribution in [-0.2, 0) is 27.3 Å². The molecule has 29 heavy (non-hydrogen) atoms. The maximum atomic E-state index is 12.7. The lowest BCUT2D eigenvalue weighted by atomic mass is 10.1.